The number of benzene rings is 1. The molecule has 0 fully saturated rings. The fourth-order valence-electron chi connectivity index (χ4n) is 3.34. The number of aromatic amines is 1. The van der Waals surface area contributed by atoms with Crippen LogP contribution in [0, 0.1) is 5.82 Å². The second-order valence-corrected chi connectivity index (χ2v) is 6.47. The molecule has 1 N–H and O–H groups in total. The largest absolute Gasteiger partial charge is 0.494 e. The van der Waals surface area contributed by atoms with E-state index in [0.717, 1.165) is 11.3 Å². The minimum Gasteiger partial charge on any atom is -0.494 e. The highest BCUT2D eigenvalue weighted by Crippen LogP contribution is 2.24. The summed E-state index contributed by atoms with van der Waals surface area (Å²) in [5.74, 6) is 0.422. The standard InChI is InChI=1S/C20H19FN4O2/c1-27-17-4-2-3-14(18(17)21)11-25-10-7-16-15(12-25)20(26)24-19(23-16)13-5-8-22-9-6-13/h2-6,8-9H,7,10-12H2,1H3,(H,23,24,26). The van der Waals surface area contributed by atoms with E-state index >= 15 is 0 Å². The third-order valence-corrected chi connectivity index (χ3v) is 4.76. The Bertz CT molecular complexity index is 1020. The van der Waals surface area contributed by atoms with Crippen LogP contribution < -0.4 is 10.3 Å². The third kappa shape index (κ3) is 3.46. The molecule has 27 heavy (non-hydrogen) atoms. The maximum absolute atomic E-state index is 14.4. The second-order valence-electron chi connectivity index (χ2n) is 6.47. The van der Waals surface area contributed by atoms with Gasteiger partial charge in [0, 0.05) is 49.6 Å². The van der Waals surface area contributed by atoms with E-state index in [-0.39, 0.29) is 17.1 Å². The van der Waals surface area contributed by atoms with Gasteiger partial charge in [-0.3, -0.25) is 14.7 Å². The molecular formula is C20H19FN4O2. The molecule has 7 heteroatoms. The molecule has 6 nitrogen and oxygen atoms in total. The number of ether oxygens (including phenoxy) is 1. The minimum absolute atomic E-state index is 0.150. The van der Waals surface area contributed by atoms with Gasteiger partial charge in [-0.2, -0.15) is 0 Å². The molecule has 3 heterocycles. The van der Waals surface area contributed by atoms with Gasteiger partial charge in [-0.1, -0.05) is 12.1 Å². The highest BCUT2D eigenvalue weighted by atomic mass is 19.1. The molecule has 3 aromatic rings. The topological polar surface area (TPSA) is 71.1 Å². The van der Waals surface area contributed by atoms with Gasteiger partial charge in [-0.15, -0.1) is 0 Å². The maximum atomic E-state index is 14.4. The molecule has 0 saturated heterocycles. The van der Waals surface area contributed by atoms with Gasteiger partial charge in [-0.25, -0.2) is 9.37 Å². The molecule has 0 radical (unpaired) electrons. The predicted molar refractivity (Wildman–Crippen MR) is 98.9 cm³/mol. The van der Waals surface area contributed by atoms with Gasteiger partial charge in [-0.05, 0) is 18.2 Å². The van der Waals surface area contributed by atoms with Gasteiger partial charge >= 0.3 is 0 Å². The molecule has 0 unspecified atom stereocenters. The van der Waals surface area contributed by atoms with E-state index in [9.17, 15) is 9.18 Å². The van der Waals surface area contributed by atoms with Crippen LogP contribution in [-0.2, 0) is 19.5 Å². The van der Waals surface area contributed by atoms with Gasteiger partial charge in [0.1, 0.15) is 5.82 Å². The lowest BCUT2D eigenvalue weighted by Crippen LogP contribution is -2.35. The number of nitrogens with one attached hydrogen (secondary N) is 1. The van der Waals surface area contributed by atoms with Crippen LogP contribution in [0.15, 0.2) is 47.5 Å². The number of rotatable bonds is 4. The molecule has 138 valence electrons. The molecule has 1 aromatic carbocycles. The van der Waals surface area contributed by atoms with E-state index < -0.39 is 0 Å². The fraction of sp³-hybridized carbons (Fsp3) is 0.250. The number of halogens is 1. The Balaban J connectivity index is 1.58. The highest BCUT2D eigenvalue weighted by molar-refractivity contribution is 5.54. The first-order chi connectivity index (χ1) is 13.2. The van der Waals surface area contributed by atoms with Gasteiger partial charge < -0.3 is 9.72 Å². The number of pyridine rings is 1. The fourth-order valence-corrected chi connectivity index (χ4v) is 3.34. The summed E-state index contributed by atoms with van der Waals surface area (Å²) in [6.45, 7) is 1.55. The number of hydrogen-bond acceptors (Lipinski definition) is 5. The van der Waals surface area contributed by atoms with Crippen molar-refractivity contribution >= 4 is 0 Å². The molecule has 0 amide bonds. The van der Waals surface area contributed by atoms with E-state index in [1.807, 2.05) is 17.0 Å². The van der Waals surface area contributed by atoms with Crippen LogP contribution in [0.4, 0.5) is 4.39 Å². The van der Waals surface area contributed by atoms with Gasteiger partial charge in [0.2, 0.25) is 0 Å². The first-order valence-corrected chi connectivity index (χ1v) is 8.72. The van der Waals surface area contributed by atoms with Crippen molar-refractivity contribution in [1.29, 1.82) is 0 Å². The van der Waals surface area contributed by atoms with Crippen molar-refractivity contribution in [3.8, 4) is 17.1 Å². The molecule has 0 spiro atoms. The van der Waals surface area contributed by atoms with E-state index in [0.29, 0.717) is 43.0 Å². The number of aromatic nitrogens is 3. The lowest BCUT2D eigenvalue weighted by atomic mass is 10.1. The quantitative estimate of drug-likeness (QED) is 0.768. The van der Waals surface area contributed by atoms with Gasteiger partial charge in [0.05, 0.1) is 18.4 Å². The number of methoxy groups -OCH3 is 1. The second kappa shape index (κ2) is 7.28. The summed E-state index contributed by atoms with van der Waals surface area (Å²) in [6.07, 6.45) is 3.97. The summed E-state index contributed by atoms with van der Waals surface area (Å²) < 4.78 is 19.4. The number of fused-ring (bicyclic) bond motifs is 1. The van der Waals surface area contributed by atoms with Crippen molar-refractivity contribution in [2.45, 2.75) is 19.5 Å². The molecule has 1 aliphatic rings. The Labute approximate surface area is 155 Å². The summed E-state index contributed by atoms with van der Waals surface area (Å²) in [4.78, 5) is 26.1. The average Bonchev–Trinajstić information content (AvgIpc) is 2.70. The van der Waals surface area contributed by atoms with Crippen LogP contribution in [0.3, 0.4) is 0 Å². The average molecular weight is 366 g/mol. The zero-order chi connectivity index (χ0) is 18.8. The molecule has 0 saturated carbocycles. The van der Waals surface area contributed by atoms with E-state index in [1.54, 1.807) is 30.6 Å². The number of nitrogens with zero attached hydrogens (tertiary/aromatic N) is 3. The number of H-pyrrole nitrogens is 1. The van der Waals surface area contributed by atoms with Crippen LogP contribution in [0.5, 0.6) is 5.75 Å². The summed E-state index contributed by atoms with van der Waals surface area (Å²) in [7, 11) is 1.45. The van der Waals surface area contributed by atoms with Gasteiger partial charge in [0.15, 0.2) is 11.6 Å². The Morgan fingerprint density at radius 1 is 1.26 bits per heavy atom. The van der Waals surface area contributed by atoms with Crippen molar-refractivity contribution in [1.82, 2.24) is 19.9 Å². The lowest BCUT2D eigenvalue weighted by molar-refractivity contribution is 0.237. The van der Waals surface area contributed by atoms with Crippen LogP contribution in [0.2, 0.25) is 0 Å². The van der Waals surface area contributed by atoms with Crippen molar-refractivity contribution in [3.05, 3.63) is 75.7 Å². The normalized spacial score (nSPS) is 14.0. The summed E-state index contributed by atoms with van der Waals surface area (Å²) in [5.41, 5.74) is 2.67. The molecule has 4 rings (SSSR count). The van der Waals surface area contributed by atoms with Crippen molar-refractivity contribution in [2.75, 3.05) is 13.7 Å². The SMILES string of the molecule is COc1cccc(CN2CCc3nc(-c4ccncc4)[nH]c(=O)c3C2)c1F. The Kier molecular flexibility index (Phi) is 4.68. The first kappa shape index (κ1) is 17.4. The van der Waals surface area contributed by atoms with Crippen LogP contribution in [-0.4, -0.2) is 33.5 Å². The summed E-state index contributed by atoms with van der Waals surface area (Å²) >= 11 is 0. The van der Waals surface area contributed by atoms with Crippen molar-refractivity contribution in [3.63, 3.8) is 0 Å². The molecular weight excluding hydrogens is 347 g/mol. The lowest BCUT2D eigenvalue weighted by Gasteiger charge is -2.28. The Morgan fingerprint density at radius 2 is 2.07 bits per heavy atom. The summed E-state index contributed by atoms with van der Waals surface area (Å²) in [5, 5.41) is 0. The molecule has 2 aromatic heterocycles. The number of hydrogen-bond donors (Lipinski definition) is 1. The van der Waals surface area contributed by atoms with E-state index in [4.69, 9.17) is 4.74 Å². The van der Waals surface area contributed by atoms with Crippen LogP contribution >= 0.6 is 0 Å². The van der Waals surface area contributed by atoms with Gasteiger partial charge in [0.25, 0.3) is 5.56 Å². The smallest absolute Gasteiger partial charge is 0.255 e. The maximum Gasteiger partial charge on any atom is 0.255 e. The summed E-state index contributed by atoms with van der Waals surface area (Å²) in [6, 6.07) is 8.73. The molecule has 1 aliphatic heterocycles. The first-order valence-electron chi connectivity index (χ1n) is 8.72. The Hall–Kier alpha value is -3.06. The minimum atomic E-state index is -0.356. The third-order valence-electron chi connectivity index (χ3n) is 4.76. The van der Waals surface area contributed by atoms with E-state index in [2.05, 4.69) is 15.0 Å². The van der Waals surface area contributed by atoms with Crippen LogP contribution in [0.1, 0.15) is 16.8 Å². The predicted octanol–water partition coefficient (Wildman–Crippen LogP) is 2.54. The molecule has 0 aliphatic carbocycles. The van der Waals surface area contributed by atoms with Crippen LogP contribution in [0.25, 0.3) is 11.4 Å². The monoisotopic (exact) mass is 366 g/mol. The highest BCUT2D eigenvalue weighted by Gasteiger charge is 2.22. The molecule has 0 atom stereocenters. The zero-order valence-corrected chi connectivity index (χ0v) is 14.9. The zero-order valence-electron chi connectivity index (χ0n) is 14.9. The van der Waals surface area contributed by atoms with E-state index in [1.165, 1.54) is 7.11 Å². The molecule has 0 bridgehead atoms. The Morgan fingerprint density at radius 3 is 2.85 bits per heavy atom. The van der Waals surface area contributed by atoms with Crippen molar-refractivity contribution < 1.29 is 9.13 Å². The van der Waals surface area contributed by atoms with Crippen molar-refractivity contribution in [2.24, 2.45) is 0 Å².